The number of hydrogen-bond acceptors (Lipinski definition) is 1. The molecule has 0 aromatic heterocycles. The minimum absolute atomic E-state index is 0.367. The molecule has 0 saturated carbocycles. The largest absolute Gasteiger partial charge is 0.316 e. The maximum atomic E-state index is 3.55. The van der Waals surface area contributed by atoms with Crippen LogP contribution in [0.25, 0.3) is 0 Å². The first-order valence-corrected chi connectivity index (χ1v) is 7.34. The van der Waals surface area contributed by atoms with Crippen LogP contribution in [0.15, 0.2) is 28.7 Å². The number of rotatable bonds is 7. The van der Waals surface area contributed by atoms with Gasteiger partial charge in [0.1, 0.15) is 0 Å². The molecule has 1 aromatic rings. The van der Waals surface area contributed by atoms with E-state index in [-0.39, 0.29) is 0 Å². The summed E-state index contributed by atoms with van der Waals surface area (Å²) in [5.74, 6) is 0. The Morgan fingerprint density at radius 1 is 1.29 bits per heavy atom. The zero-order chi connectivity index (χ0) is 12.7. The second kappa shape index (κ2) is 7.17. The van der Waals surface area contributed by atoms with Gasteiger partial charge < -0.3 is 5.32 Å². The average molecular weight is 298 g/mol. The summed E-state index contributed by atoms with van der Waals surface area (Å²) in [6, 6.07) is 8.68. The molecule has 0 aliphatic carbocycles. The van der Waals surface area contributed by atoms with Crippen LogP contribution in [0.4, 0.5) is 0 Å². The highest BCUT2D eigenvalue weighted by atomic mass is 79.9. The maximum absolute atomic E-state index is 3.55. The van der Waals surface area contributed by atoms with E-state index >= 15 is 0 Å². The van der Waals surface area contributed by atoms with Crippen molar-refractivity contribution in [3.63, 3.8) is 0 Å². The van der Waals surface area contributed by atoms with E-state index in [9.17, 15) is 0 Å². The standard InChI is InChI=1S/C15H24BrN/c1-4-9-15(3,12-17-5-2)11-13-7-6-8-14(16)10-13/h6-8,10,17H,4-5,9,11-12H2,1-3H3. The zero-order valence-corrected chi connectivity index (χ0v) is 12.8. The fraction of sp³-hybridized carbons (Fsp3) is 0.600. The maximum Gasteiger partial charge on any atom is 0.0177 e. The minimum atomic E-state index is 0.367. The summed E-state index contributed by atoms with van der Waals surface area (Å²) in [5, 5.41) is 3.50. The molecule has 0 bridgehead atoms. The van der Waals surface area contributed by atoms with Crippen LogP contribution in [-0.2, 0) is 6.42 Å². The van der Waals surface area contributed by atoms with Gasteiger partial charge in [0.2, 0.25) is 0 Å². The van der Waals surface area contributed by atoms with E-state index in [2.05, 4.69) is 66.3 Å². The van der Waals surface area contributed by atoms with Crippen LogP contribution in [0, 0.1) is 5.41 Å². The summed E-state index contributed by atoms with van der Waals surface area (Å²) in [4.78, 5) is 0. The highest BCUT2D eigenvalue weighted by Crippen LogP contribution is 2.28. The molecule has 0 spiro atoms. The minimum Gasteiger partial charge on any atom is -0.316 e. The molecule has 1 aromatic carbocycles. The van der Waals surface area contributed by atoms with Crippen LogP contribution in [0.3, 0.4) is 0 Å². The molecule has 0 saturated heterocycles. The van der Waals surface area contributed by atoms with Gasteiger partial charge in [-0.05, 0) is 42.5 Å². The SMILES string of the molecule is CCCC(C)(CNCC)Cc1cccc(Br)c1. The fourth-order valence-electron chi connectivity index (χ4n) is 2.41. The third-order valence-corrected chi connectivity index (χ3v) is 3.67. The molecule has 2 heteroatoms. The van der Waals surface area contributed by atoms with E-state index < -0.39 is 0 Å². The topological polar surface area (TPSA) is 12.0 Å². The molecule has 1 rings (SSSR count). The second-order valence-corrected chi connectivity index (χ2v) is 6.06. The van der Waals surface area contributed by atoms with Gasteiger partial charge in [-0.15, -0.1) is 0 Å². The molecule has 1 N–H and O–H groups in total. The van der Waals surface area contributed by atoms with Crippen molar-refractivity contribution in [1.29, 1.82) is 0 Å². The monoisotopic (exact) mass is 297 g/mol. The van der Waals surface area contributed by atoms with Crippen molar-refractivity contribution >= 4 is 15.9 Å². The molecule has 0 aliphatic heterocycles. The first-order chi connectivity index (χ1) is 8.09. The molecular weight excluding hydrogens is 274 g/mol. The molecule has 96 valence electrons. The summed E-state index contributed by atoms with van der Waals surface area (Å²) in [7, 11) is 0. The molecule has 0 aliphatic rings. The molecule has 1 atom stereocenters. The van der Waals surface area contributed by atoms with Crippen LogP contribution in [0.2, 0.25) is 0 Å². The van der Waals surface area contributed by atoms with Crippen LogP contribution in [0.1, 0.15) is 39.2 Å². The highest BCUT2D eigenvalue weighted by Gasteiger charge is 2.23. The summed E-state index contributed by atoms with van der Waals surface area (Å²) < 4.78 is 1.18. The van der Waals surface area contributed by atoms with Gasteiger partial charge in [0.15, 0.2) is 0 Å². The van der Waals surface area contributed by atoms with E-state index in [1.54, 1.807) is 0 Å². The molecule has 0 radical (unpaired) electrons. The summed E-state index contributed by atoms with van der Waals surface area (Å²) in [6.07, 6.45) is 3.66. The fourth-order valence-corrected chi connectivity index (χ4v) is 2.86. The lowest BCUT2D eigenvalue weighted by atomic mass is 9.79. The first kappa shape index (κ1) is 14.7. The summed E-state index contributed by atoms with van der Waals surface area (Å²) in [6.45, 7) is 8.98. The molecule has 0 heterocycles. The smallest absolute Gasteiger partial charge is 0.0177 e. The number of hydrogen-bond donors (Lipinski definition) is 1. The van der Waals surface area contributed by atoms with E-state index in [1.807, 2.05) is 0 Å². The van der Waals surface area contributed by atoms with Crippen LogP contribution < -0.4 is 5.32 Å². The Kier molecular flexibility index (Phi) is 6.21. The van der Waals surface area contributed by atoms with E-state index in [0.717, 1.165) is 19.5 Å². The predicted octanol–water partition coefficient (Wildman–Crippen LogP) is 4.41. The van der Waals surface area contributed by atoms with Gasteiger partial charge >= 0.3 is 0 Å². The van der Waals surface area contributed by atoms with Crippen molar-refractivity contribution in [1.82, 2.24) is 5.32 Å². The van der Waals surface area contributed by atoms with Crippen molar-refractivity contribution in [3.8, 4) is 0 Å². The van der Waals surface area contributed by atoms with Crippen molar-refractivity contribution in [2.45, 2.75) is 40.0 Å². The second-order valence-electron chi connectivity index (χ2n) is 5.15. The van der Waals surface area contributed by atoms with Crippen molar-refractivity contribution in [2.75, 3.05) is 13.1 Å². The van der Waals surface area contributed by atoms with E-state index in [4.69, 9.17) is 0 Å². The zero-order valence-electron chi connectivity index (χ0n) is 11.2. The number of benzene rings is 1. The van der Waals surface area contributed by atoms with Gasteiger partial charge in [0, 0.05) is 11.0 Å². The van der Waals surface area contributed by atoms with E-state index in [0.29, 0.717) is 5.41 Å². The Labute approximate surface area is 114 Å². The van der Waals surface area contributed by atoms with E-state index in [1.165, 1.54) is 22.9 Å². The van der Waals surface area contributed by atoms with Crippen molar-refractivity contribution < 1.29 is 0 Å². The predicted molar refractivity (Wildman–Crippen MR) is 79.4 cm³/mol. The van der Waals surface area contributed by atoms with Crippen molar-refractivity contribution in [2.24, 2.45) is 5.41 Å². The first-order valence-electron chi connectivity index (χ1n) is 6.55. The normalized spacial score (nSPS) is 14.6. The average Bonchev–Trinajstić information content (AvgIpc) is 2.27. The van der Waals surface area contributed by atoms with Crippen LogP contribution in [-0.4, -0.2) is 13.1 Å². The lowest BCUT2D eigenvalue weighted by molar-refractivity contribution is 0.277. The van der Waals surface area contributed by atoms with Crippen LogP contribution >= 0.6 is 15.9 Å². The Bertz CT molecular complexity index is 337. The Hall–Kier alpha value is -0.340. The Morgan fingerprint density at radius 3 is 2.65 bits per heavy atom. The lowest BCUT2D eigenvalue weighted by Crippen LogP contribution is -2.33. The van der Waals surface area contributed by atoms with Gasteiger partial charge in [-0.1, -0.05) is 55.3 Å². The molecule has 17 heavy (non-hydrogen) atoms. The Balaban J connectivity index is 2.71. The molecular formula is C15H24BrN. The summed E-state index contributed by atoms with van der Waals surface area (Å²) >= 11 is 3.55. The van der Waals surface area contributed by atoms with Crippen LogP contribution in [0.5, 0.6) is 0 Å². The van der Waals surface area contributed by atoms with Gasteiger partial charge in [-0.3, -0.25) is 0 Å². The lowest BCUT2D eigenvalue weighted by Gasteiger charge is -2.30. The number of halogens is 1. The number of nitrogens with one attached hydrogen (secondary N) is 1. The quantitative estimate of drug-likeness (QED) is 0.786. The van der Waals surface area contributed by atoms with Gasteiger partial charge in [-0.2, -0.15) is 0 Å². The third kappa shape index (κ3) is 5.22. The van der Waals surface area contributed by atoms with Gasteiger partial charge in [0.05, 0.1) is 0 Å². The Morgan fingerprint density at radius 2 is 2.06 bits per heavy atom. The summed E-state index contributed by atoms with van der Waals surface area (Å²) in [5.41, 5.74) is 1.79. The molecule has 0 fully saturated rings. The highest BCUT2D eigenvalue weighted by molar-refractivity contribution is 9.10. The molecule has 1 nitrogen and oxygen atoms in total. The van der Waals surface area contributed by atoms with Gasteiger partial charge in [-0.25, -0.2) is 0 Å². The molecule has 0 amide bonds. The third-order valence-electron chi connectivity index (χ3n) is 3.18. The molecule has 1 unspecified atom stereocenters. The van der Waals surface area contributed by atoms with Crippen molar-refractivity contribution in [3.05, 3.63) is 34.3 Å². The van der Waals surface area contributed by atoms with Gasteiger partial charge in [0.25, 0.3) is 0 Å².